The quantitative estimate of drug-likeness (QED) is 0.606. The van der Waals surface area contributed by atoms with Crippen molar-refractivity contribution >= 4 is 5.97 Å². The predicted molar refractivity (Wildman–Crippen MR) is 47.5 cm³/mol. The summed E-state index contributed by atoms with van der Waals surface area (Å²) < 4.78 is 5.21. The molecule has 0 amide bonds. The van der Waals surface area contributed by atoms with Gasteiger partial charge in [-0.3, -0.25) is 4.79 Å². The number of carbonyl (C=O) groups excluding carboxylic acids is 1. The van der Waals surface area contributed by atoms with Gasteiger partial charge in [0.15, 0.2) is 0 Å². The molecule has 1 aliphatic rings. The lowest BCUT2D eigenvalue weighted by molar-refractivity contribution is -0.149. The van der Waals surface area contributed by atoms with E-state index in [4.69, 9.17) is 4.74 Å². The molecule has 1 saturated heterocycles. The second-order valence-corrected chi connectivity index (χ2v) is 3.51. The molecule has 1 heterocycles. The minimum absolute atomic E-state index is 0.0128. The van der Waals surface area contributed by atoms with Crippen LogP contribution < -0.4 is 0 Å². The highest BCUT2D eigenvalue weighted by Gasteiger charge is 2.45. The second kappa shape index (κ2) is 3.46. The number of hydrogen-bond acceptors (Lipinski definition) is 2. The summed E-state index contributed by atoms with van der Waals surface area (Å²) in [5.41, 5.74) is -0.192. The number of rotatable bonds is 3. The molecule has 0 bridgehead atoms. The minimum atomic E-state index is -0.192. The molecule has 0 aromatic rings. The lowest BCUT2D eigenvalue weighted by atomic mass is 9.79. The molecule has 0 saturated carbocycles. The number of cyclic esters (lactones) is 1. The Kier molecular flexibility index (Phi) is 2.76. The molecule has 0 aromatic heterocycles. The number of carbonyl (C=O) groups is 1. The van der Waals surface area contributed by atoms with Gasteiger partial charge in [0.2, 0.25) is 0 Å². The van der Waals surface area contributed by atoms with Gasteiger partial charge in [0.1, 0.15) is 6.10 Å². The van der Waals surface area contributed by atoms with Crippen molar-refractivity contribution in [1.82, 2.24) is 0 Å². The summed E-state index contributed by atoms with van der Waals surface area (Å²) in [5.74, 6) is -0.0128. The van der Waals surface area contributed by atoms with E-state index >= 15 is 0 Å². The number of esters is 1. The van der Waals surface area contributed by atoms with Crippen molar-refractivity contribution in [2.24, 2.45) is 5.41 Å². The van der Waals surface area contributed by atoms with Crippen LogP contribution in [-0.4, -0.2) is 12.1 Å². The maximum Gasteiger partial charge on any atom is 0.312 e. The molecule has 69 valence electrons. The maximum atomic E-state index is 11.5. The van der Waals surface area contributed by atoms with Gasteiger partial charge in [-0.2, -0.15) is 0 Å². The zero-order chi connectivity index (χ0) is 9.19. The van der Waals surface area contributed by atoms with E-state index in [1.807, 2.05) is 0 Å². The third kappa shape index (κ3) is 1.35. The molecule has 1 atom stereocenters. The van der Waals surface area contributed by atoms with Crippen LogP contribution in [0.15, 0.2) is 0 Å². The van der Waals surface area contributed by atoms with Gasteiger partial charge in [-0.15, -0.1) is 0 Å². The first-order valence-electron chi connectivity index (χ1n) is 4.69. The monoisotopic (exact) mass is 169 g/mol. The van der Waals surface area contributed by atoms with Gasteiger partial charge in [0.05, 0.1) is 5.41 Å². The minimum Gasteiger partial charge on any atom is -0.462 e. The van der Waals surface area contributed by atoms with E-state index in [1.165, 1.54) is 0 Å². The summed E-state index contributed by atoms with van der Waals surface area (Å²) in [6.45, 7) is 7.86. The van der Waals surface area contributed by atoms with Crippen molar-refractivity contribution in [3.63, 3.8) is 0 Å². The summed E-state index contributed by atoms with van der Waals surface area (Å²) >= 11 is 0. The van der Waals surface area contributed by atoms with Gasteiger partial charge in [-0.05, 0) is 26.2 Å². The fraction of sp³-hybridized carbons (Fsp3) is 0.800. The fourth-order valence-corrected chi connectivity index (χ4v) is 1.83. The summed E-state index contributed by atoms with van der Waals surface area (Å²) in [6, 6.07) is 0. The standard InChI is InChI=1S/C10H17O2/c1-4-8-7-10(5-2,6-3)9(11)12-8/h8H,1,4-7H2,2-3H3. The fourth-order valence-electron chi connectivity index (χ4n) is 1.83. The summed E-state index contributed by atoms with van der Waals surface area (Å²) in [6.07, 6.45) is 3.41. The van der Waals surface area contributed by atoms with Gasteiger partial charge in [0.25, 0.3) is 0 Å². The number of ether oxygens (including phenoxy) is 1. The predicted octanol–water partition coefficient (Wildman–Crippen LogP) is 2.33. The van der Waals surface area contributed by atoms with Crippen LogP contribution in [0.5, 0.6) is 0 Å². The summed E-state index contributed by atoms with van der Waals surface area (Å²) in [7, 11) is 0. The smallest absolute Gasteiger partial charge is 0.312 e. The van der Waals surface area contributed by atoms with Gasteiger partial charge < -0.3 is 4.74 Å². The van der Waals surface area contributed by atoms with Crippen LogP contribution in [0.4, 0.5) is 0 Å². The first kappa shape index (κ1) is 9.56. The highest BCUT2D eigenvalue weighted by molar-refractivity contribution is 5.78. The number of hydrogen-bond donors (Lipinski definition) is 0. The molecule has 1 rings (SSSR count). The van der Waals surface area contributed by atoms with Crippen molar-refractivity contribution < 1.29 is 9.53 Å². The molecule has 1 unspecified atom stereocenters. The molecule has 1 fully saturated rings. The van der Waals surface area contributed by atoms with E-state index in [2.05, 4.69) is 20.8 Å². The normalized spacial score (nSPS) is 27.2. The first-order chi connectivity index (χ1) is 5.68. The van der Waals surface area contributed by atoms with Crippen molar-refractivity contribution in [3.8, 4) is 0 Å². The molecule has 2 nitrogen and oxygen atoms in total. The molecule has 1 aliphatic heterocycles. The van der Waals surface area contributed by atoms with Crippen LogP contribution >= 0.6 is 0 Å². The molecular formula is C10H17O2. The van der Waals surface area contributed by atoms with Crippen LogP contribution in [0.25, 0.3) is 0 Å². The molecule has 0 spiro atoms. The van der Waals surface area contributed by atoms with Crippen LogP contribution in [0, 0.1) is 12.3 Å². The van der Waals surface area contributed by atoms with Crippen LogP contribution in [0.1, 0.15) is 39.5 Å². The average molecular weight is 169 g/mol. The molecule has 0 aliphatic carbocycles. The van der Waals surface area contributed by atoms with Gasteiger partial charge in [0, 0.05) is 6.42 Å². The van der Waals surface area contributed by atoms with Crippen LogP contribution in [-0.2, 0) is 9.53 Å². The third-order valence-electron chi connectivity index (χ3n) is 3.00. The van der Waals surface area contributed by atoms with Gasteiger partial charge in [-0.1, -0.05) is 13.8 Å². The Bertz CT molecular complexity index is 171. The lowest BCUT2D eigenvalue weighted by Gasteiger charge is -2.19. The van der Waals surface area contributed by atoms with Crippen molar-refractivity contribution in [2.45, 2.75) is 45.6 Å². The highest BCUT2D eigenvalue weighted by atomic mass is 16.6. The zero-order valence-corrected chi connectivity index (χ0v) is 7.93. The van der Waals surface area contributed by atoms with E-state index in [0.717, 1.165) is 19.3 Å². The van der Waals surface area contributed by atoms with Gasteiger partial charge in [-0.25, -0.2) is 0 Å². The Morgan fingerprint density at radius 1 is 1.58 bits per heavy atom. The Balaban J connectivity index is 2.72. The van der Waals surface area contributed by atoms with Crippen molar-refractivity contribution in [1.29, 1.82) is 0 Å². The summed E-state index contributed by atoms with van der Waals surface area (Å²) in [5, 5.41) is 0. The van der Waals surface area contributed by atoms with Gasteiger partial charge >= 0.3 is 5.97 Å². The maximum absolute atomic E-state index is 11.5. The molecule has 1 radical (unpaired) electrons. The second-order valence-electron chi connectivity index (χ2n) is 3.51. The van der Waals surface area contributed by atoms with E-state index in [1.54, 1.807) is 0 Å². The molecular weight excluding hydrogens is 152 g/mol. The van der Waals surface area contributed by atoms with E-state index in [0.29, 0.717) is 6.42 Å². The van der Waals surface area contributed by atoms with E-state index in [-0.39, 0.29) is 17.5 Å². The topological polar surface area (TPSA) is 26.3 Å². The van der Waals surface area contributed by atoms with Crippen molar-refractivity contribution in [2.75, 3.05) is 0 Å². The van der Waals surface area contributed by atoms with Crippen molar-refractivity contribution in [3.05, 3.63) is 6.92 Å². The van der Waals surface area contributed by atoms with E-state index < -0.39 is 0 Å². The molecule has 12 heavy (non-hydrogen) atoms. The zero-order valence-electron chi connectivity index (χ0n) is 7.93. The SMILES string of the molecule is [CH2]CC1CC(CC)(CC)C(=O)O1. The van der Waals surface area contributed by atoms with Crippen LogP contribution in [0.3, 0.4) is 0 Å². The first-order valence-corrected chi connectivity index (χ1v) is 4.69. The molecule has 2 heteroatoms. The van der Waals surface area contributed by atoms with Crippen LogP contribution in [0.2, 0.25) is 0 Å². The summed E-state index contributed by atoms with van der Waals surface area (Å²) in [4.78, 5) is 11.5. The average Bonchev–Trinajstić information content (AvgIpc) is 2.43. The Labute approximate surface area is 74.3 Å². The Morgan fingerprint density at radius 3 is 2.42 bits per heavy atom. The molecule has 0 N–H and O–H groups in total. The largest absolute Gasteiger partial charge is 0.462 e. The Morgan fingerprint density at radius 2 is 2.17 bits per heavy atom. The molecule has 0 aromatic carbocycles. The van der Waals surface area contributed by atoms with E-state index in [9.17, 15) is 4.79 Å². The Hall–Kier alpha value is -0.530. The highest BCUT2D eigenvalue weighted by Crippen LogP contribution is 2.40. The lowest BCUT2D eigenvalue weighted by Crippen LogP contribution is -2.24. The third-order valence-corrected chi connectivity index (χ3v) is 3.00.